The van der Waals surface area contributed by atoms with Gasteiger partial charge < -0.3 is 15.3 Å². The molecular weight excluding hydrogens is 499 g/mol. The summed E-state index contributed by atoms with van der Waals surface area (Å²) in [6.07, 6.45) is -4.53. The van der Waals surface area contributed by atoms with E-state index in [2.05, 4.69) is 5.32 Å². The Morgan fingerprint density at radius 3 is 2.17 bits per heavy atom. The number of hydrogen-bond acceptors (Lipinski definition) is 5. The molecule has 2 N–H and O–H groups in total. The van der Waals surface area contributed by atoms with Crippen molar-refractivity contribution in [1.82, 2.24) is 14.5 Å². The van der Waals surface area contributed by atoms with Crippen LogP contribution in [-0.4, -0.2) is 80.1 Å². The molecule has 0 aromatic heterocycles. The molecule has 12 heteroatoms. The van der Waals surface area contributed by atoms with Crippen molar-refractivity contribution in [3.63, 3.8) is 0 Å². The van der Waals surface area contributed by atoms with E-state index in [1.54, 1.807) is 24.0 Å². The van der Waals surface area contributed by atoms with Crippen molar-refractivity contribution in [1.29, 1.82) is 0 Å². The molecule has 1 heterocycles. The number of carbonyl (C=O) groups excluding carboxylic acids is 1. The molecule has 0 saturated carbocycles. The van der Waals surface area contributed by atoms with Crippen molar-refractivity contribution in [2.24, 2.45) is 0 Å². The number of amides is 1. The fraction of sp³-hybridized carbons (Fsp3) is 0.417. The van der Waals surface area contributed by atoms with Crippen LogP contribution in [-0.2, 0) is 26.0 Å². The lowest BCUT2D eigenvalue weighted by atomic mass is 10.1. The van der Waals surface area contributed by atoms with E-state index in [0.29, 0.717) is 25.1 Å². The van der Waals surface area contributed by atoms with Gasteiger partial charge in [0, 0.05) is 32.7 Å². The number of hydrogen-bond donors (Lipinski definition) is 2. The minimum Gasteiger partial charge on any atom is -0.475 e. The Morgan fingerprint density at radius 1 is 1.06 bits per heavy atom. The molecule has 0 spiro atoms. The summed E-state index contributed by atoms with van der Waals surface area (Å²) in [6.45, 7) is 6.54. The number of rotatable bonds is 7. The lowest BCUT2D eigenvalue weighted by Gasteiger charge is -2.30. The highest BCUT2D eigenvalue weighted by Crippen LogP contribution is 2.22. The molecule has 2 aromatic carbocycles. The standard InChI is InChI=1S/C22H29N3O3S.C2HF3O2/c1-18-8-9-21(19(2)16-18)29(27,28)25(13-10-20-6-4-3-5-7-20)17-22(26)24-14-11-23-12-15-24;3-2(4,5)1(6)7/h3-9,16,23H,10-15,17H2,1-2H3;(H,6,7). The number of nitrogens with zero attached hydrogens (tertiary/aromatic N) is 2. The van der Waals surface area contributed by atoms with Crippen LogP contribution in [0.4, 0.5) is 13.2 Å². The maximum atomic E-state index is 13.4. The van der Waals surface area contributed by atoms with Gasteiger partial charge in [0.1, 0.15) is 0 Å². The van der Waals surface area contributed by atoms with E-state index >= 15 is 0 Å². The molecule has 198 valence electrons. The Balaban J connectivity index is 0.000000572. The number of carboxylic acids is 1. The van der Waals surface area contributed by atoms with Gasteiger partial charge in [-0.05, 0) is 37.5 Å². The van der Waals surface area contributed by atoms with E-state index in [4.69, 9.17) is 9.90 Å². The van der Waals surface area contributed by atoms with Crippen molar-refractivity contribution in [2.45, 2.75) is 31.3 Å². The van der Waals surface area contributed by atoms with Crippen molar-refractivity contribution < 1.29 is 36.3 Å². The summed E-state index contributed by atoms with van der Waals surface area (Å²) in [5.74, 6) is -2.90. The molecule has 1 aliphatic rings. The van der Waals surface area contributed by atoms with Gasteiger partial charge in [-0.3, -0.25) is 4.79 Å². The summed E-state index contributed by atoms with van der Waals surface area (Å²) in [5.41, 5.74) is 2.75. The Kier molecular flexibility index (Phi) is 10.4. The van der Waals surface area contributed by atoms with Gasteiger partial charge in [-0.25, -0.2) is 13.2 Å². The number of nitrogens with one attached hydrogen (secondary N) is 1. The van der Waals surface area contributed by atoms with Crippen LogP contribution in [0.3, 0.4) is 0 Å². The van der Waals surface area contributed by atoms with Crippen LogP contribution < -0.4 is 5.32 Å². The first-order valence-electron chi connectivity index (χ1n) is 11.2. The van der Waals surface area contributed by atoms with Crippen molar-refractivity contribution in [2.75, 3.05) is 39.3 Å². The lowest BCUT2D eigenvalue weighted by molar-refractivity contribution is -0.192. The minimum absolute atomic E-state index is 0.136. The van der Waals surface area contributed by atoms with E-state index < -0.39 is 22.2 Å². The molecule has 0 radical (unpaired) electrons. The van der Waals surface area contributed by atoms with E-state index in [0.717, 1.165) is 24.2 Å². The third kappa shape index (κ3) is 8.61. The highest BCUT2D eigenvalue weighted by atomic mass is 32.2. The van der Waals surface area contributed by atoms with Gasteiger partial charge in [-0.2, -0.15) is 17.5 Å². The summed E-state index contributed by atoms with van der Waals surface area (Å²) >= 11 is 0. The number of halogens is 3. The second-order valence-electron chi connectivity index (χ2n) is 8.28. The van der Waals surface area contributed by atoms with Crippen LogP contribution in [0.25, 0.3) is 0 Å². The molecule has 36 heavy (non-hydrogen) atoms. The summed E-state index contributed by atoms with van der Waals surface area (Å²) in [5, 5.41) is 10.3. The van der Waals surface area contributed by atoms with Crippen molar-refractivity contribution in [3.05, 3.63) is 65.2 Å². The van der Waals surface area contributed by atoms with Crippen LogP contribution in [0.1, 0.15) is 16.7 Å². The Hall–Kier alpha value is -2.96. The maximum absolute atomic E-state index is 13.4. The number of carboxylic acid groups (broad SMARTS) is 1. The quantitative estimate of drug-likeness (QED) is 0.571. The second-order valence-corrected chi connectivity index (χ2v) is 10.2. The molecule has 1 saturated heterocycles. The van der Waals surface area contributed by atoms with Crippen molar-refractivity contribution in [3.8, 4) is 0 Å². The molecule has 0 bridgehead atoms. The first-order valence-corrected chi connectivity index (χ1v) is 12.7. The van der Waals surface area contributed by atoms with Gasteiger partial charge in [0.25, 0.3) is 0 Å². The average molecular weight is 530 g/mol. The van der Waals surface area contributed by atoms with Crippen LogP contribution in [0.2, 0.25) is 0 Å². The third-order valence-electron chi connectivity index (χ3n) is 5.46. The minimum atomic E-state index is -5.08. The van der Waals surface area contributed by atoms with Crippen LogP contribution >= 0.6 is 0 Å². The highest BCUT2D eigenvalue weighted by molar-refractivity contribution is 7.89. The molecule has 0 atom stereocenters. The van der Waals surface area contributed by atoms with Crippen molar-refractivity contribution >= 4 is 21.9 Å². The largest absolute Gasteiger partial charge is 0.490 e. The number of carbonyl (C=O) groups is 2. The zero-order chi connectivity index (χ0) is 26.9. The highest BCUT2D eigenvalue weighted by Gasteiger charge is 2.38. The zero-order valence-corrected chi connectivity index (χ0v) is 20.9. The Morgan fingerprint density at radius 2 is 1.64 bits per heavy atom. The van der Waals surface area contributed by atoms with Crippen LogP contribution in [0.5, 0.6) is 0 Å². The first kappa shape index (κ1) is 29.3. The van der Waals surface area contributed by atoms with E-state index in [9.17, 15) is 26.4 Å². The van der Waals surface area contributed by atoms with Gasteiger partial charge in [-0.15, -0.1) is 0 Å². The average Bonchev–Trinajstić information content (AvgIpc) is 2.82. The van der Waals surface area contributed by atoms with Gasteiger partial charge in [-0.1, -0.05) is 48.0 Å². The van der Waals surface area contributed by atoms with Gasteiger partial charge in [0.05, 0.1) is 11.4 Å². The number of aliphatic carboxylic acids is 1. The van der Waals surface area contributed by atoms with Crippen LogP contribution in [0.15, 0.2) is 53.4 Å². The topological polar surface area (TPSA) is 107 Å². The Labute approximate surface area is 208 Å². The monoisotopic (exact) mass is 529 g/mol. The summed E-state index contributed by atoms with van der Waals surface area (Å²) in [7, 11) is -3.78. The molecule has 1 aliphatic heterocycles. The first-order chi connectivity index (χ1) is 16.8. The lowest BCUT2D eigenvalue weighted by Crippen LogP contribution is -2.50. The number of sulfonamides is 1. The number of alkyl halides is 3. The van der Waals surface area contributed by atoms with Gasteiger partial charge in [0.15, 0.2) is 0 Å². The molecule has 8 nitrogen and oxygen atoms in total. The summed E-state index contributed by atoms with van der Waals surface area (Å²) < 4.78 is 60.0. The molecular formula is C24H30F3N3O5S. The Bertz CT molecular complexity index is 1140. The molecule has 3 rings (SSSR count). The molecule has 0 unspecified atom stereocenters. The summed E-state index contributed by atoms with van der Waals surface area (Å²) in [4.78, 5) is 23.7. The fourth-order valence-corrected chi connectivity index (χ4v) is 5.17. The fourth-order valence-electron chi connectivity index (χ4n) is 3.58. The summed E-state index contributed by atoms with van der Waals surface area (Å²) in [6, 6.07) is 15.1. The maximum Gasteiger partial charge on any atom is 0.490 e. The van der Waals surface area contributed by atoms with Crippen LogP contribution in [0, 0.1) is 13.8 Å². The molecule has 0 aliphatic carbocycles. The van der Waals surface area contributed by atoms with E-state index in [-0.39, 0.29) is 23.9 Å². The van der Waals surface area contributed by atoms with E-state index in [1.165, 1.54) is 4.31 Å². The van der Waals surface area contributed by atoms with E-state index in [1.807, 2.05) is 43.3 Å². The molecule has 1 amide bonds. The number of benzene rings is 2. The number of aryl methyl sites for hydroxylation is 2. The number of piperazine rings is 1. The predicted octanol–water partition coefficient (Wildman–Crippen LogP) is 2.60. The smallest absolute Gasteiger partial charge is 0.475 e. The SMILES string of the molecule is Cc1ccc(S(=O)(=O)N(CCc2ccccc2)CC(=O)N2CCNCC2)c(C)c1.O=C(O)C(F)(F)F. The van der Waals surface area contributed by atoms with Gasteiger partial charge >= 0.3 is 12.1 Å². The second kappa shape index (κ2) is 12.8. The molecule has 2 aromatic rings. The molecule has 1 fully saturated rings. The van der Waals surface area contributed by atoms with Gasteiger partial charge in [0.2, 0.25) is 15.9 Å². The third-order valence-corrected chi connectivity index (χ3v) is 7.47. The zero-order valence-electron chi connectivity index (χ0n) is 20.1. The normalized spacial score (nSPS) is 14.2. The predicted molar refractivity (Wildman–Crippen MR) is 128 cm³/mol.